The van der Waals surface area contributed by atoms with Gasteiger partial charge >= 0.3 is 17.9 Å². The number of carboxylic acid groups (broad SMARTS) is 3. The Morgan fingerprint density at radius 1 is 0.452 bits per heavy atom. The van der Waals surface area contributed by atoms with Crippen LogP contribution in [0, 0.1) is 6.92 Å². The van der Waals surface area contributed by atoms with Crippen molar-refractivity contribution in [2.24, 2.45) is 0 Å². The summed E-state index contributed by atoms with van der Waals surface area (Å²) < 4.78 is 102. The van der Waals surface area contributed by atoms with Crippen LogP contribution in [0.2, 0.25) is 0 Å². The lowest BCUT2D eigenvalue weighted by atomic mass is 10.00. The van der Waals surface area contributed by atoms with E-state index >= 15 is 0 Å². The molecule has 4 aromatic rings. The minimum absolute atomic E-state index is 0.0625. The number of hydrogen-bond acceptors (Lipinski definition) is 5. The molecule has 0 aliphatic heterocycles. The van der Waals surface area contributed by atoms with Gasteiger partial charge in [-0.3, -0.25) is 41.5 Å². The fraction of sp³-hybridized carbons (Fsp3) is 0.310. The van der Waals surface area contributed by atoms with E-state index in [1.54, 1.807) is 30.3 Å². The normalized spacial score (nSPS) is 7.73. The number of aryl methyl sites for hydroxylation is 1. The van der Waals surface area contributed by atoms with Crippen LogP contribution in [-0.4, -0.2) is 73.5 Å². The lowest BCUT2D eigenvalue weighted by molar-refractivity contribution is -0.150. The van der Waals surface area contributed by atoms with E-state index in [2.05, 4.69) is 57.2 Å². The number of Topliss-reactive ketones (excluding diaryl/α,β-unsaturated/α-hetero) is 2. The summed E-state index contributed by atoms with van der Waals surface area (Å²) in [6.07, 6.45) is 0.195. The second-order valence-electron chi connectivity index (χ2n) is 10.4. The molecular weight excluding hydrogens is 860 g/mol. The van der Waals surface area contributed by atoms with E-state index in [1.807, 2.05) is 42.5 Å². The lowest BCUT2D eigenvalue weighted by Crippen LogP contribution is -2.20. The van der Waals surface area contributed by atoms with Gasteiger partial charge in [0.2, 0.25) is 0 Å². The van der Waals surface area contributed by atoms with E-state index in [1.165, 1.54) is 37.1 Å². The van der Waals surface area contributed by atoms with Gasteiger partial charge in [-0.2, -0.15) is 0 Å². The zero-order chi connectivity index (χ0) is 50.9. The summed E-state index contributed by atoms with van der Waals surface area (Å²) in [5, 5.41) is 25.6. The van der Waals surface area contributed by atoms with Crippen molar-refractivity contribution in [2.45, 2.75) is 59.3 Å². The Hall–Kier alpha value is -6.21. The fourth-order valence-electron chi connectivity index (χ4n) is 3.53. The van der Waals surface area contributed by atoms with Gasteiger partial charge in [0.15, 0.2) is 5.92 Å². The third-order valence-corrected chi connectivity index (χ3v) is 5.73. The van der Waals surface area contributed by atoms with E-state index in [-0.39, 0.29) is 30.0 Å². The zero-order valence-corrected chi connectivity index (χ0v) is 35.5. The van der Waals surface area contributed by atoms with Crippen LogP contribution in [0.15, 0.2) is 121 Å². The molecule has 4 rings (SSSR count). The van der Waals surface area contributed by atoms with Crippen LogP contribution in [0.4, 0.5) is 54.2 Å². The molecule has 0 unspecified atom stereocenters. The first-order valence-electron chi connectivity index (χ1n) is 16.6. The van der Waals surface area contributed by atoms with Crippen molar-refractivity contribution in [1.82, 2.24) is 0 Å². The Labute approximate surface area is 354 Å². The van der Waals surface area contributed by atoms with Gasteiger partial charge in [-0.1, -0.05) is 141 Å². The summed E-state index contributed by atoms with van der Waals surface area (Å²) in [5.41, 5.74) is 3.86. The van der Waals surface area contributed by atoms with Gasteiger partial charge in [-0.15, -0.1) is 0 Å². The maximum atomic E-state index is 10.6. The molecule has 0 atom stereocenters. The number of carbonyl (C=O) groups is 5. The molecule has 62 heavy (non-hydrogen) atoms. The van der Waals surface area contributed by atoms with Crippen molar-refractivity contribution >= 4 is 29.5 Å². The van der Waals surface area contributed by atoms with E-state index in [9.17, 15) is 41.5 Å². The maximum absolute atomic E-state index is 10.6. The number of carboxylic acids is 3. The monoisotopic (exact) mass is 916 g/mol. The van der Waals surface area contributed by atoms with Gasteiger partial charge in [0.1, 0.15) is 11.6 Å². The molecule has 0 fully saturated rings. The van der Waals surface area contributed by atoms with Crippen LogP contribution in [0.5, 0.6) is 0 Å². The molecule has 0 amide bonds. The van der Waals surface area contributed by atoms with Crippen LogP contribution in [-0.2, 0) is 30.4 Å². The number of ketones is 2. The minimum Gasteiger partial charge on any atom is -0.481 e. The number of aliphatic carboxylic acids is 3. The second kappa shape index (κ2) is 66.6. The summed E-state index contributed by atoms with van der Waals surface area (Å²) >= 11 is 0. The molecule has 356 valence electrons. The highest BCUT2D eigenvalue weighted by Gasteiger charge is 2.27. The Kier molecular flexibility index (Phi) is 82.2. The first kappa shape index (κ1) is 76.5. The molecule has 0 saturated carbocycles. The van der Waals surface area contributed by atoms with Crippen molar-refractivity contribution in [3.8, 4) is 0 Å². The number of halogens is 12. The summed E-state index contributed by atoms with van der Waals surface area (Å²) in [5.74, 6) is -4.42. The molecule has 0 heterocycles. The molecule has 0 radical (unpaired) electrons. The van der Waals surface area contributed by atoms with Crippen molar-refractivity contribution in [1.29, 1.82) is 0 Å². The van der Waals surface area contributed by atoms with Gasteiger partial charge in [0.05, 0.1) is 41.6 Å². The second-order valence-corrected chi connectivity index (χ2v) is 10.4. The molecule has 20 heteroatoms. The van der Waals surface area contributed by atoms with Crippen LogP contribution >= 0.6 is 0 Å². The highest BCUT2D eigenvalue weighted by atomic mass is 20.0. The average molecular weight is 917 g/mol. The first-order chi connectivity index (χ1) is 29.7. The van der Waals surface area contributed by atoms with Gasteiger partial charge < -0.3 is 15.3 Å². The lowest BCUT2D eigenvalue weighted by Gasteiger charge is -2.06. The molecule has 0 aliphatic rings. The number of hydrogen-bond donors (Lipinski definition) is 3. The van der Waals surface area contributed by atoms with E-state index in [0.29, 0.717) is 34.6 Å². The van der Waals surface area contributed by atoms with Crippen molar-refractivity contribution in [3.05, 3.63) is 144 Å². The zero-order valence-electron chi connectivity index (χ0n) is 35.5. The van der Waals surface area contributed by atoms with E-state index in [4.69, 9.17) is 51.9 Å². The van der Waals surface area contributed by atoms with Crippen LogP contribution in [0.3, 0.4) is 0 Å². The smallest absolute Gasteiger partial charge is 0.322 e. The van der Waals surface area contributed by atoms with Gasteiger partial charge in [-0.05, 0) is 43.4 Å². The highest BCUT2D eigenvalue weighted by Crippen LogP contribution is 2.15. The summed E-state index contributed by atoms with van der Waals surface area (Å²) in [7, 11) is 2.00. The number of rotatable bonds is 8. The van der Waals surface area contributed by atoms with Gasteiger partial charge in [0.25, 0.3) is 0 Å². The summed E-state index contributed by atoms with van der Waals surface area (Å²) in [4.78, 5) is 51.4. The van der Waals surface area contributed by atoms with Crippen molar-refractivity contribution in [3.63, 3.8) is 0 Å². The third-order valence-electron chi connectivity index (χ3n) is 5.73. The Morgan fingerprint density at radius 2 is 0.710 bits per heavy atom. The third kappa shape index (κ3) is 60.5. The fourth-order valence-corrected chi connectivity index (χ4v) is 3.53. The van der Waals surface area contributed by atoms with Crippen LogP contribution in [0.1, 0.15) is 68.2 Å². The number of alkyl halides is 4. The van der Waals surface area contributed by atoms with Crippen molar-refractivity contribution in [2.75, 3.05) is 28.7 Å². The Balaban J connectivity index is -0.0000000755. The molecule has 4 aromatic carbocycles. The van der Waals surface area contributed by atoms with Crippen LogP contribution < -0.4 is 0 Å². The predicted molar refractivity (Wildman–Crippen MR) is 217 cm³/mol. The predicted octanol–water partition coefficient (Wildman–Crippen LogP) is 13.3. The van der Waals surface area contributed by atoms with E-state index in [0.717, 1.165) is 5.56 Å². The molecule has 0 spiro atoms. The molecule has 0 saturated heterocycles. The summed E-state index contributed by atoms with van der Waals surface area (Å²) in [6, 6.07) is 37.8. The van der Waals surface area contributed by atoms with Crippen molar-refractivity contribution < 1.29 is 93.4 Å². The molecule has 0 aliphatic carbocycles. The van der Waals surface area contributed by atoms with Gasteiger partial charge in [-0.25, -0.2) is 0 Å². The molecule has 0 aromatic heterocycles. The van der Waals surface area contributed by atoms with Crippen LogP contribution in [0.25, 0.3) is 0 Å². The highest BCUT2D eigenvalue weighted by molar-refractivity contribution is 5.99. The Bertz CT molecular complexity index is 1450. The maximum Gasteiger partial charge on any atom is 0.322 e. The SMILES string of the molecule is CC(=O)CC(C)=O.CC(C)c1ccccc1.CF.CF.CF.CF.Cc1ccccc1.FF.FF.FF.FF.O=C(O)C(C(=O)O)c1ccccc1.O=C(O)Cc1ccccc1. The molecule has 3 N–H and O–H groups in total. The minimum atomic E-state index is -1.47. The quantitative estimate of drug-likeness (QED) is 0.117. The topological polar surface area (TPSA) is 146 Å². The first-order valence-corrected chi connectivity index (χ1v) is 16.6. The standard InChI is InChI=1S/C9H8O4.C9H12.C8H8O2.C7H8.C5H8O2.4CH3F.4F2/c10-8(11)7(9(12)13)6-4-2-1-3-5-6;1-8(2)9-6-4-3-5-7-9;9-8(10)6-7-4-2-1-3-5-7;1-7-5-3-2-4-6-7;1-4(6)3-5(2)7;8*1-2/h1-5,7H,(H,10,11)(H,12,13);3-8H,1-2H3;1-5H,6H2,(H,9,10);2-6H,1H3;3H2,1-2H3;4*1H3;;;;. The number of benzene rings is 4. The van der Waals surface area contributed by atoms with Gasteiger partial charge in [0, 0.05) is 36.6 Å². The molecular formula is C42H56F12O8. The average Bonchev–Trinajstić information content (AvgIpc) is 3.30. The number of carbonyl (C=O) groups excluding carboxylic acids is 2. The summed E-state index contributed by atoms with van der Waals surface area (Å²) in [6.45, 7) is 9.30. The molecule has 8 nitrogen and oxygen atoms in total. The molecule has 0 bridgehead atoms. The van der Waals surface area contributed by atoms with E-state index < -0.39 is 23.8 Å². The Morgan fingerprint density at radius 3 is 0.887 bits per heavy atom. The largest absolute Gasteiger partial charge is 0.481 e.